The smallest absolute Gasteiger partial charge is 0.410 e. The fourth-order valence-corrected chi connectivity index (χ4v) is 6.64. The van der Waals surface area contributed by atoms with Gasteiger partial charge in [0, 0.05) is 12.0 Å². The molecule has 2 unspecified atom stereocenters. The van der Waals surface area contributed by atoms with Crippen molar-refractivity contribution in [3.63, 3.8) is 0 Å². The molecule has 0 saturated carbocycles. The molecule has 3 heteroatoms. The maximum Gasteiger partial charge on any atom is 0.410 e. The SMILES string of the molecule is Cc1cc(C)cc(CC2=CC3CCCC(C2)N3C(=O)OCC2c3ccccc3-c3ccccc32)c1. The Kier molecular flexibility index (Phi) is 5.72. The van der Waals surface area contributed by atoms with Gasteiger partial charge in [-0.2, -0.15) is 0 Å². The van der Waals surface area contributed by atoms with Gasteiger partial charge < -0.3 is 4.74 Å². The third-order valence-corrected chi connectivity index (χ3v) is 7.97. The van der Waals surface area contributed by atoms with E-state index in [0.29, 0.717) is 6.61 Å². The lowest BCUT2D eigenvalue weighted by Crippen LogP contribution is -2.52. The summed E-state index contributed by atoms with van der Waals surface area (Å²) >= 11 is 0. The predicted octanol–water partition coefficient (Wildman–Crippen LogP) is 7.35. The molecule has 2 heterocycles. The van der Waals surface area contributed by atoms with Crippen LogP contribution in [0.25, 0.3) is 11.1 Å². The van der Waals surface area contributed by atoms with Crippen LogP contribution in [0.3, 0.4) is 0 Å². The lowest BCUT2D eigenvalue weighted by molar-refractivity contribution is 0.0509. The van der Waals surface area contributed by atoms with E-state index in [2.05, 4.69) is 86.7 Å². The van der Waals surface area contributed by atoms with Crippen LogP contribution in [0.1, 0.15) is 59.4 Å². The van der Waals surface area contributed by atoms with Gasteiger partial charge in [0.05, 0.1) is 6.04 Å². The molecular weight excluding hydrogens is 430 g/mol. The first kappa shape index (κ1) is 22.2. The molecule has 178 valence electrons. The van der Waals surface area contributed by atoms with E-state index in [1.807, 2.05) is 4.90 Å². The molecule has 0 spiro atoms. The topological polar surface area (TPSA) is 29.5 Å². The number of fused-ring (bicyclic) bond motifs is 5. The Bertz CT molecular complexity index is 1240. The number of aryl methyl sites for hydroxylation is 2. The van der Waals surface area contributed by atoms with Crippen molar-refractivity contribution in [3.8, 4) is 11.1 Å². The van der Waals surface area contributed by atoms with Gasteiger partial charge in [-0.15, -0.1) is 0 Å². The minimum absolute atomic E-state index is 0.103. The average Bonchev–Trinajstić information content (AvgIpc) is 3.15. The Morgan fingerprint density at radius 1 is 0.914 bits per heavy atom. The Labute approximate surface area is 208 Å². The van der Waals surface area contributed by atoms with Crippen LogP contribution in [-0.4, -0.2) is 29.7 Å². The van der Waals surface area contributed by atoms with Crippen LogP contribution in [0.4, 0.5) is 4.79 Å². The first-order chi connectivity index (χ1) is 17.1. The van der Waals surface area contributed by atoms with E-state index in [1.165, 1.54) is 50.9 Å². The predicted molar refractivity (Wildman–Crippen MR) is 141 cm³/mol. The van der Waals surface area contributed by atoms with Crippen LogP contribution in [0, 0.1) is 13.8 Å². The molecule has 1 aliphatic carbocycles. The van der Waals surface area contributed by atoms with Crippen molar-refractivity contribution in [1.82, 2.24) is 4.90 Å². The van der Waals surface area contributed by atoms with Crippen molar-refractivity contribution in [3.05, 3.63) is 106 Å². The zero-order valence-corrected chi connectivity index (χ0v) is 20.7. The number of carbonyl (C=O) groups excluding carboxylic acids is 1. The second kappa shape index (κ2) is 9.03. The van der Waals surface area contributed by atoms with E-state index >= 15 is 0 Å². The molecular formula is C32H33NO2. The Morgan fingerprint density at radius 2 is 1.57 bits per heavy atom. The first-order valence-corrected chi connectivity index (χ1v) is 13.0. The molecule has 3 aromatic rings. The minimum Gasteiger partial charge on any atom is -0.448 e. The lowest BCUT2D eigenvalue weighted by atomic mass is 9.83. The second-order valence-corrected chi connectivity index (χ2v) is 10.6. The standard InChI is InChI=1S/C32H33NO2/c1-21-14-22(2)16-23(15-21)17-24-18-25-8-7-9-26(19-24)33(25)32(34)35-20-31-29-12-5-3-10-27(29)28-11-4-6-13-30(28)31/h3-6,10-16,18,25-26,31H,7-9,17,19-20H2,1-2H3. The Morgan fingerprint density at radius 3 is 2.23 bits per heavy atom. The molecule has 35 heavy (non-hydrogen) atoms. The maximum atomic E-state index is 13.4. The van der Waals surface area contributed by atoms with Crippen LogP contribution in [0.2, 0.25) is 0 Å². The molecule has 3 aliphatic rings. The number of amides is 1. The molecule has 2 bridgehead atoms. The van der Waals surface area contributed by atoms with E-state index < -0.39 is 0 Å². The third-order valence-electron chi connectivity index (χ3n) is 7.97. The van der Waals surface area contributed by atoms with Gasteiger partial charge in [0.1, 0.15) is 6.61 Å². The summed E-state index contributed by atoms with van der Waals surface area (Å²) in [5.74, 6) is 0.103. The van der Waals surface area contributed by atoms with Gasteiger partial charge in [-0.05, 0) is 73.8 Å². The number of nitrogens with zero attached hydrogens (tertiary/aromatic N) is 1. The van der Waals surface area contributed by atoms with Crippen LogP contribution in [0.15, 0.2) is 78.4 Å². The van der Waals surface area contributed by atoms with Gasteiger partial charge >= 0.3 is 6.09 Å². The molecule has 1 saturated heterocycles. The van der Waals surface area contributed by atoms with Gasteiger partial charge in [0.25, 0.3) is 0 Å². The highest BCUT2D eigenvalue weighted by Gasteiger charge is 2.38. The summed E-state index contributed by atoms with van der Waals surface area (Å²) < 4.78 is 6.06. The van der Waals surface area contributed by atoms with E-state index in [9.17, 15) is 4.79 Å². The normalized spacial score (nSPS) is 20.7. The summed E-state index contributed by atoms with van der Waals surface area (Å²) in [7, 11) is 0. The van der Waals surface area contributed by atoms with Crippen molar-refractivity contribution in [2.45, 2.75) is 64.0 Å². The third kappa shape index (κ3) is 4.18. The number of piperidine rings is 1. The number of benzene rings is 3. The molecule has 0 radical (unpaired) electrons. The summed E-state index contributed by atoms with van der Waals surface area (Å²) in [6.07, 6.45) is 7.40. The highest BCUT2D eigenvalue weighted by molar-refractivity contribution is 5.79. The molecule has 2 aliphatic heterocycles. The highest BCUT2D eigenvalue weighted by Crippen LogP contribution is 2.45. The van der Waals surface area contributed by atoms with E-state index in [0.717, 1.165) is 25.7 Å². The van der Waals surface area contributed by atoms with Gasteiger partial charge in [0.2, 0.25) is 0 Å². The average molecular weight is 464 g/mol. The number of carbonyl (C=O) groups is 1. The zero-order valence-electron chi connectivity index (χ0n) is 20.7. The number of hydrogen-bond donors (Lipinski definition) is 0. The van der Waals surface area contributed by atoms with Crippen molar-refractivity contribution >= 4 is 6.09 Å². The fraction of sp³-hybridized carbons (Fsp3) is 0.344. The largest absolute Gasteiger partial charge is 0.448 e. The Balaban J connectivity index is 1.18. The molecule has 0 N–H and O–H groups in total. The van der Waals surface area contributed by atoms with E-state index in [1.54, 1.807) is 0 Å². The summed E-state index contributed by atoms with van der Waals surface area (Å²) in [6, 6.07) is 24.2. The van der Waals surface area contributed by atoms with Crippen LogP contribution in [0.5, 0.6) is 0 Å². The molecule has 0 aromatic heterocycles. The summed E-state index contributed by atoms with van der Waals surface area (Å²) in [5.41, 5.74) is 10.5. The summed E-state index contributed by atoms with van der Waals surface area (Å²) in [5, 5.41) is 0. The molecule has 1 fully saturated rings. The second-order valence-electron chi connectivity index (χ2n) is 10.6. The number of ether oxygens (including phenoxy) is 1. The van der Waals surface area contributed by atoms with Crippen molar-refractivity contribution in [2.24, 2.45) is 0 Å². The lowest BCUT2D eigenvalue weighted by Gasteiger charge is -2.44. The van der Waals surface area contributed by atoms with Crippen LogP contribution in [-0.2, 0) is 11.2 Å². The molecule has 3 aromatic carbocycles. The van der Waals surface area contributed by atoms with E-state index in [-0.39, 0.29) is 24.1 Å². The number of rotatable bonds is 4. The van der Waals surface area contributed by atoms with E-state index in [4.69, 9.17) is 4.74 Å². The van der Waals surface area contributed by atoms with Crippen molar-refractivity contribution in [1.29, 1.82) is 0 Å². The van der Waals surface area contributed by atoms with Gasteiger partial charge in [-0.1, -0.05) is 89.5 Å². The molecule has 2 atom stereocenters. The monoisotopic (exact) mass is 463 g/mol. The van der Waals surface area contributed by atoms with Gasteiger partial charge in [-0.25, -0.2) is 4.79 Å². The van der Waals surface area contributed by atoms with Crippen LogP contribution < -0.4 is 0 Å². The number of hydrogen-bond acceptors (Lipinski definition) is 2. The summed E-state index contributed by atoms with van der Waals surface area (Å²) in [4.78, 5) is 15.5. The van der Waals surface area contributed by atoms with Crippen molar-refractivity contribution < 1.29 is 9.53 Å². The molecule has 1 amide bonds. The highest BCUT2D eigenvalue weighted by atomic mass is 16.6. The Hall–Kier alpha value is -3.33. The minimum atomic E-state index is -0.150. The van der Waals surface area contributed by atoms with Gasteiger partial charge in [-0.3, -0.25) is 4.90 Å². The van der Waals surface area contributed by atoms with Crippen LogP contribution >= 0.6 is 0 Å². The molecule has 6 rings (SSSR count). The molecule has 3 nitrogen and oxygen atoms in total. The zero-order chi connectivity index (χ0) is 23.9. The van der Waals surface area contributed by atoms with Gasteiger partial charge in [0.15, 0.2) is 0 Å². The maximum absolute atomic E-state index is 13.4. The summed E-state index contributed by atoms with van der Waals surface area (Å²) in [6.45, 7) is 4.72. The van der Waals surface area contributed by atoms with Crippen molar-refractivity contribution in [2.75, 3.05) is 6.61 Å². The fourth-order valence-electron chi connectivity index (χ4n) is 6.64. The first-order valence-electron chi connectivity index (χ1n) is 13.0. The quantitative estimate of drug-likeness (QED) is 0.379.